The Hall–Kier alpha value is -3.91. The number of oxazole rings is 1. The molecule has 3 aromatic heterocycles. The van der Waals surface area contributed by atoms with Gasteiger partial charge in [-0.3, -0.25) is 9.36 Å². The molecule has 3 heterocycles. The van der Waals surface area contributed by atoms with Gasteiger partial charge in [0.2, 0.25) is 0 Å². The number of nitrogens with zero attached hydrogens (tertiary/aromatic N) is 3. The normalized spacial score (nSPS) is 13.5. The van der Waals surface area contributed by atoms with Crippen LogP contribution in [0.3, 0.4) is 0 Å². The van der Waals surface area contributed by atoms with Gasteiger partial charge in [-0.2, -0.15) is 0 Å². The van der Waals surface area contributed by atoms with Crippen LogP contribution in [-0.4, -0.2) is 26.8 Å². The van der Waals surface area contributed by atoms with Crippen molar-refractivity contribution in [3.05, 3.63) is 82.8 Å². The first-order valence-electron chi connectivity index (χ1n) is 11.4. The maximum Gasteiger partial charge on any atom is 0.263 e. The van der Waals surface area contributed by atoms with Crippen LogP contribution in [0.5, 0.6) is 11.5 Å². The largest absolute Gasteiger partial charge is 0.506 e. The Balaban J connectivity index is 1.66. The van der Waals surface area contributed by atoms with E-state index >= 15 is 0 Å². The lowest BCUT2D eigenvalue weighted by Crippen LogP contribution is -2.24. The third-order valence-corrected chi connectivity index (χ3v) is 7.60. The Morgan fingerprint density at radius 2 is 2.17 bits per heavy atom. The number of fused-ring (bicyclic) bond motifs is 3. The van der Waals surface area contributed by atoms with Crippen LogP contribution < -0.4 is 10.3 Å². The van der Waals surface area contributed by atoms with Crippen molar-refractivity contribution in [3.63, 3.8) is 0 Å². The molecule has 2 aromatic carbocycles. The van der Waals surface area contributed by atoms with Crippen molar-refractivity contribution in [2.24, 2.45) is 0 Å². The number of thiophene rings is 1. The third-order valence-electron chi connectivity index (χ3n) is 6.50. The molecule has 0 amide bonds. The molecular weight excluding hydrogens is 462 g/mol. The van der Waals surface area contributed by atoms with Gasteiger partial charge < -0.3 is 14.3 Å². The molecule has 1 aliphatic rings. The maximum absolute atomic E-state index is 14.0. The van der Waals surface area contributed by atoms with Crippen LogP contribution in [0.1, 0.15) is 35.6 Å². The second kappa shape index (κ2) is 8.39. The quantitative estimate of drug-likeness (QED) is 0.300. The second-order valence-corrected chi connectivity index (χ2v) is 9.75. The molecule has 1 N–H and O–H groups in total. The molecule has 0 spiro atoms. The Kier molecular flexibility index (Phi) is 5.18. The zero-order valence-corrected chi connectivity index (χ0v) is 20.0. The standard InChI is InChI=1S/C27H23N3O4S/c1-3-4-16-7-9-20-22-26(35-24(20)23(16)31)29-25(30(27(22)32)13-18-12-28-14-34-18)19-10-8-17(33-2)11-21(19)15-5-6-15/h3,7-12,14-15,31H,1,4-6,13H2,2H3. The zero-order chi connectivity index (χ0) is 24.1. The minimum atomic E-state index is -0.180. The van der Waals surface area contributed by atoms with Crippen molar-refractivity contribution >= 4 is 31.6 Å². The minimum Gasteiger partial charge on any atom is -0.506 e. The van der Waals surface area contributed by atoms with Gasteiger partial charge >= 0.3 is 0 Å². The van der Waals surface area contributed by atoms with E-state index in [1.54, 1.807) is 23.9 Å². The van der Waals surface area contributed by atoms with Gasteiger partial charge in [-0.25, -0.2) is 9.97 Å². The number of methoxy groups -OCH3 is 1. The van der Waals surface area contributed by atoms with Crippen molar-refractivity contribution in [1.29, 1.82) is 0 Å². The molecule has 1 fully saturated rings. The Bertz CT molecular complexity index is 1650. The van der Waals surface area contributed by atoms with E-state index in [0.29, 0.717) is 44.2 Å². The maximum atomic E-state index is 14.0. The molecular formula is C27H23N3O4S. The lowest BCUT2D eigenvalue weighted by molar-refractivity contribution is 0.414. The molecule has 0 aliphatic heterocycles. The molecule has 5 aromatic rings. The number of allylic oxidation sites excluding steroid dienone is 1. The molecule has 1 aliphatic carbocycles. The Labute approximate surface area is 205 Å². The van der Waals surface area contributed by atoms with Crippen LogP contribution in [0.2, 0.25) is 0 Å². The van der Waals surface area contributed by atoms with Gasteiger partial charge in [0.05, 0.1) is 29.9 Å². The molecule has 35 heavy (non-hydrogen) atoms. The first-order chi connectivity index (χ1) is 17.1. The molecule has 0 atom stereocenters. The highest BCUT2D eigenvalue weighted by Gasteiger charge is 2.29. The SMILES string of the molecule is C=CCc1ccc2c(sc3nc(-c4ccc(OC)cc4C4CC4)n(Cc4cnco4)c(=O)c32)c1O. The summed E-state index contributed by atoms with van der Waals surface area (Å²) in [5.74, 6) is 2.51. The van der Waals surface area contributed by atoms with E-state index in [4.69, 9.17) is 14.1 Å². The molecule has 1 saturated carbocycles. The fourth-order valence-electron chi connectivity index (χ4n) is 4.60. The predicted octanol–water partition coefficient (Wildman–Crippen LogP) is 5.63. The molecule has 0 radical (unpaired) electrons. The van der Waals surface area contributed by atoms with Gasteiger partial charge in [0, 0.05) is 10.9 Å². The van der Waals surface area contributed by atoms with E-state index in [0.717, 1.165) is 35.3 Å². The van der Waals surface area contributed by atoms with Crippen molar-refractivity contribution in [3.8, 4) is 22.9 Å². The van der Waals surface area contributed by atoms with Crippen molar-refractivity contribution in [2.75, 3.05) is 7.11 Å². The van der Waals surface area contributed by atoms with Gasteiger partial charge in [0.25, 0.3) is 5.56 Å². The van der Waals surface area contributed by atoms with Gasteiger partial charge in [-0.1, -0.05) is 18.2 Å². The highest BCUT2D eigenvalue weighted by atomic mass is 32.1. The van der Waals surface area contributed by atoms with E-state index in [2.05, 4.69) is 11.6 Å². The number of phenols is 1. The lowest BCUT2D eigenvalue weighted by Gasteiger charge is -2.15. The summed E-state index contributed by atoms with van der Waals surface area (Å²) >= 11 is 1.34. The summed E-state index contributed by atoms with van der Waals surface area (Å²) in [6.07, 6.45) is 7.44. The van der Waals surface area contributed by atoms with Crippen LogP contribution in [0.4, 0.5) is 0 Å². The number of ether oxygens (including phenoxy) is 1. The smallest absolute Gasteiger partial charge is 0.263 e. The summed E-state index contributed by atoms with van der Waals surface area (Å²) in [6, 6.07) is 9.64. The predicted molar refractivity (Wildman–Crippen MR) is 137 cm³/mol. The number of rotatable bonds is 7. The number of hydrogen-bond donors (Lipinski definition) is 1. The summed E-state index contributed by atoms with van der Waals surface area (Å²) in [7, 11) is 1.65. The van der Waals surface area contributed by atoms with Gasteiger partial charge in [0.15, 0.2) is 6.39 Å². The summed E-state index contributed by atoms with van der Waals surface area (Å²) in [4.78, 5) is 23.6. The average Bonchev–Trinajstić information content (AvgIpc) is 3.45. The van der Waals surface area contributed by atoms with Crippen molar-refractivity contribution in [1.82, 2.24) is 14.5 Å². The Morgan fingerprint density at radius 1 is 1.31 bits per heavy atom. The van der Waals surface area contributed by atoms with E-state index in [-0.39, 0.29) is 17.9 Å². The van der Waals surface area contributed by atoms with E-state index < -0.39 is 0 Å². The number of hydrogen-bond acceptors (Lipinski definition) is 7. The van der Waals surface area contributed by atoms with Crippen molar-refractivity contribution in [2.45, 2.75) is 31.7 Å². The van der Waals surface area contributed by atoms with Crippen LogP contribution in [0, 0.1) is 0 Å². The van der Waals surface area contributed by atoms with E-state index in [9.17, 15) is 9.90 Å². The number of benzene rings is 2. The van der Waals surface area contributed by atoms with Crippen LogP contribution in [0.15, 0.2) is 64.8 Å². The van der Waals surface area contributed by atoms with Crippen LogP contribution in [-0.2, 0) is 13.0 Å². The molecule has 0 unspecified atom stereocenters. The van der Waals surface area contributed by atoms with Gasteiger partial charge in [-0.05, 0) is 54.5 Å². The number of phenolic OH excluding ortho intramolecular Hbond substituents is 1. The van der Waals surface area contributed by atoms with Crippen molar-refractivity contribution < 1.29 is 14.3 Å². The zero-order valence-electron chi connectivity index (χ0n) is 19.2. The molecule has 0 saturated heterocycles. The topological polar surface area (TPSA) is 90.4 Å². The van der Waals surface area contributed by atoms with Crippen LogP contribution >= 0.6 is 11.3 Å². The fraction of sp³-hybridized carbons (Fsp3) is 0.222. The molecule has 7 nitrogen and oxygen atoms in total. The first-order valence-corrected chi connectivity index (χ1v) is 12.2. The molecule has 8 heteroatoms. The number of aromatic nitrogens is 3. The molecule has 0 bridgehead atoms. The van der Waals surface area contributed by atoms with Gasteiger partial charge in [-0.15, -0.1) is 17.9 Å². The summed E-state index contributed by atoms with van der Waals surface area (Å²) < 4.78 is 13.3. The highest BCUT2D eigenvalue weighted by molar-refractivity contribution is 7.25. The van der Waals surface area contributed by atoms with Crippen LogP contribution in [0.25, 0.3) is 31.7 Å². The third kappa shape index (κ3) is 3.61. The summed E-state index contributed by atoms with van der Waals surface area (Å²) in [6.45, 7) is 3.97. The first kappa shape index (κ1) is 21.6. The van der Waals surface area contributed by atoms with E-state index in [1.807, 2.05) is 30.3 Å². The number of aromatic hydroxyl groups is 1. The monoisotopic (exact) mass is 485 g/mol. The minimum absolute atomic E-state index is 0.177. The average molecular weight is 486 g/mol. The molecule has 6 rings (SSSR count). The second-order valence-electron chi connectivity index (χ2n) is 8.75. The van der Waals surface area contributed by atoms with Gasteiger partial charge in [0.1, 0.15) is 27.9 Å². The molecule has 176 valence electrons. The Morgan fingerprint density at radius 3 is 2.89 bits per heavy atom. The summed E-state index contributed by atoms with van der Waals surface area (Å²) in [5, 5.41) is 12.1. The van der Waals surface area contributed by atoms with E-state index in [1.165, 1.54) is 17.7 Å². The fourth-order valence-corrected chi connectivity index (χ4v) is 5.73. The summed E-state index contributed by atoms with van der Waals surface area (Å²) in [5.41, 5.74) is 2.62. The highest BCUT2D eigenvalue weighted by Crippen LogP contribution is 2.46. The lowest BCUT2D eigenvalue weighted by atomic mass is 10.0.